The summed E-state index contributed by atoms with van der Waals surface area (Å²) in [5.41, 5.74) is 0.926. The maximum Gasteiger partial charge on any atom is 0.195 e. The van der Waals surface area contributed by atoms with E-state index in [0.29, 0.717) is 6.61 Å². The number of nitrogens with zero attached hydrogens (tertiary/aromatic N) is 1. The molecule has 0 radical (unpaired) electrons. The Labute approximate surface area is 133 Å². The van der Waals surface area contributed by atoms with Crippen LogP contribution in [0.3, 0.4) is 0 Å². The fraction of sp³-hybridized carbons (Fsp3) is 0.588. The van der Waals surface area contributed by atoms with Crippen LogP contribution in [0.15, 0.2) is 23.2 Å². The van der Waals surface area contributed by atoms with Crippen LogP contribution in [0.5, 0.6) is 11.5 Å². The second-order valence-corrected chi connectivity index (χ2v) is 5.51. The predicted molar refractivity (Wildman–Crippen MR) is 91.1 cm³/mol. The number of benzene rings is 1. The van der Waals surface area contributed by atoms with E-state index in [2.05, 4.69) is 15.6 Å². The standard InChI is InChI=1S/C17H27N3O2/c1-4-22-15-10-9-14(12-16(15)21-3)20-17(18-2)19-11-5-6-13-7-8-13/h9-10,12-13H,4-8,11H2,1-3H3,(H2,18,19,20). The van der Waals surface area contributed by atoms with E-state index in [9.17, 15) is 0 Å². The monoisotopic (exact) mass is 305 g/mol. The Kier molecular flexibility index (Phi) is 6.37. The van der Waals surface area contributed by atoms with E-state index in [1.165, 1.54) is 25.7 Å². The minimum Gasteiger partial charge on any atom is -0.493 e. The van der Waals surface area contributed by atoms with Crippen LogP contribution in [-0.4, -0.2) is 33.3 Å². The number of hydrogen-bond acceptors (Lipinski definition) is 3. The maximum absolute atomic E-state index is 5.52. The number of rotatable bonds is 8. The molecule has 0 saturated heterocycles. The van der Waals surface area contributed by atoms with Gasteiger partial charge in [-0.3, -0.25) is 4.99 Å². The fourth-order valence-electron chi connectivity index (χ4n) is 2.34. The predicted octanol–water partition coefficient (Wildman–Crippen LogP) is 3.27. The molecule has 0 amide bonds. The number of ether oxygens (including phenoxy) is 2. The van der Waals surface area contributed by atoms with Crippen molar-refractivity contribution in [1.29, 1.82) is 0 Å². The molecule has 1 aromatic carbocycles. The van der Waals surface area contributed by atoms with Crippen LogP contribution in [0.25, 0.3) is 0 Å². The van der Waals surface area contributed by atoms with Crippen LogP contribution in [0.1, 0.15) is 32.6 Å². The topological polar surface area (TPSA) is 54.9 Å². The van der Waals surface area contributed by atoms with E-state index < -0.39 is 0 Å². The smallest absolute Gasteiger partial charge is 0.195 e. The van der Waals surface area contributed by atoms with Gasteiger partial charge in [0.25, 0.3) is 0 Å². The molecule has 122 valence electrons. The van der Waals surface area contributed by atoms with Gasteiger partial charge in [-0.05, 0) is 37.8 Å². The van der Waals surface area contributed by atoms with Gasteiger partial charge < -0.3 is 20.1 Å². The number of nitrogens with one attached hydrogen (secondary N) is 2. The van der Waals surface area contributed by atoms with E-state index in [-0.39, 0.29) is 0 Å². The van der Waals surface area contributed by atoms with E-state index in [4.69, 9.17) is 9.47 Å². The summed E-state index contributed by atoms with van der Waals surface area (Å²) in [4.78, 5) is 4.25. The van der Waals surface area contributed by atoms with Crippen LogP contribution in [0, 0.1) is 5.92 Å². The summed E-state index contributed by atoms with van der Waals surface area (Å²) < 4.78 is 10.9. The minimum atomic E-state index is 0.618. The van der Waals surface area contributed by atoms with E-state index >= 15 is 0 Å². The minimum absolute atomic E-state index is 0.618. The molecule has 0 atom stereocenters. The normalized spacial score (nSPS) is 14.6. The van der Waals surface area contributed by atoms with Gasteiger partial charge in [0.05, 0.1) is 13.7 Å². The largest absolute Gasteiger partial charge is 0.493 e. The molecule has 1 fully saturated rings. The zero-order valence-electron chi connectivity index (χ0n) is 13.8. The summed E-state index contributed by atoms with van der Waals surface area (Å²) >= 11 is 0. The SMILES string of the molecule is CCOc1ccc(NC(=NC)NCCCC2CC2)cc1OC. The molecule has 5 nitrogen and oxygen atoms in total. The number of methoxy groups -OCH3 is 1. The van der Waals surface area contributed by atoms with Gasteiger partial charge >= 0.3 is 0 Å². The zero-order valence-corrected chi connectivity index (χ0v) is 13.8. The molecule has 1 aliphatic carbocycles. The molecular weight excluding hydrogens is 278 g/mol. The molecule has 1 saturated carbocycles. The van der Waals surface area contributed by atoms with Crippen molar-refractivity contribution >= 4 is 11.6 Å². The lowest BCUT2D eigenvalue weighted by Gasteiger charge is -2.14. The molecule has 2 rings (SSSR count). The van der Waals surface area contributed by atoms with Gasteiger partial charge in [0.15, 0.2) is 17.5 Å². The van der Waals surface area contributed by atoms with Crippen molar-refractivity contribution in [2.75, 3.05) is 32.6 Å². The Balaban J connectivity index is 1.86. The average molecular weight is 305 g/mol. The maximum atomic E-state index is 5.52. The first-order valence-corrected chi connectivity index (χ1v) is 8.05. The molecule has 22 heavy (non-hydrogen) atoms. The number of aliphatic imine (C=N–C) groups is 1. The van der Waals surface area contributed by atoms with Crippen LogP contribution in [0.2, 0.25) is 0 Å². The quantitative estimate of drug-likeness (QED) is 0.440. The van der Waals surface area contributed by atoms with Crippen molar-refractivity contribution < 1.29 is 9.47 Å². The summed E-state index contributed by atoms with van der Waals surface area (Å²) in [5, 5.41) is 6.62. The highest BCUT2D eigenvalue weighted by Gasteiger charge is 2.20. The van der Waals surface area contributed by atoms with Gasteiger partial charge in [0.1, 0.15) is 0 Å². The van der Waals surface area contributed by atoms with Crippen molar-refractivity contribution in [3.63, 3.8) is 0 Å². The first-order valence-electron chi connectivity index (χ1n) is 8.05. The number of hydrogen-bond donors (Lipinski definition) is 2. The van der Waals surface area contributed by atoms with Crippen molar-refractivity contribution in [3.8, 4) is 11.5 Å². The molecule has 0 unspecified atom stereocenters. The van der Waals surface area contributed by atoms with Gasteiger partial charge in [-0.1, -0.05) is 12.8 Å². The van der Waals surface area contributed by atoms with Crippen molar-refractivity contribution in [2.45, 2.75) is 32.6 Å². The highest BCUT2D eigenvalue weighted by Crippen LogP contribution is 2.33. The Bertz CT molecular complexity index is 499. The zero-order chi connectivity index (χ0) is 15.8. The molecule has 1 aromatic rings. The molecule has 0 heterocycles. The molecule has 0 bridgehead atoms. The highest BCUT2D eigenvalue weighted by molar-refractivity contribution is 5.93. The van der Waals surface area contributed by atoms with E-state index in [1.54, 1.807) is 14.2 Å². The van der Waals surface area contributed by atoms with Crippen molar-refractivity contribution in [1.82, 2.24) is 5.32 Å². The summed E-state index contributed by atoms with van der Waals surface area (Å²) in [6, 6.07) is 5.79. The van der Waals surface area contributed by atoms with E-state index in [0.717, 1.165) is 35.6 Å². The Morgan fingerprint density at radius 1 is 1.32 bits per heavy atom. The average Bonchev–Trinajstić information content (AvgIpc) is 3.36. The number of guanidine groups is 1. The summed E-state index contributed by atoms with van der Waals surface area (Å²) in [6.07, 6.45) is 5.34. The molecule has 1 aliphatic rings. The molecule has 2 N–H and O–H groups in total. The first kappa shape index (κ1) is 16.5. The van der Waals surface area contributed by atoms with Crippen LogP contribution >= 0.6 is 0 Å². The van der Waals surface area contributed by atoms with Crippen LogP contribution in [0.4, 0.5) is 5.69 Å². The third-order valence-corrected chi connectivity index (χ3v) is 3.73. The van der Waals surface area contributed by atoms with Gasteiger partial charge in [0, 0.05) is 25.3 Å². The summed E-state index contributed by atoms with van der Waals surface area (Å²) in [7, 11) is 3.43. The molecular formula is C17H27N3O2. The molecule has 5 heteroatoms. The lowest BCUT2D eigenvalue weighted by molar-refractivity contribution is 0.311. The van der Waals surface area contributed by atoms with Crippen LogP contribution < -0.4 is 20.1 Å². The third-order valence-electron chi connectivity index (χ3n) is 3.73. The third kappa shape index (κ3) is 5.13. The first-order chi connectivity index (χ1) is 10.8. The van der Waals surface area contributed by atoms with Crippen molar-refractivity contribution in [3.05, 3.63) is 18.2 Å². The lowest BCUT2D eigenvalue weighted by Crippen LogP contribution is -2.31. The van der Waals surface area contributed by atoms with Gasteiger partial charge in [-0.2, -0.15) is 0 Å². The molecule has 0 aliphatic heterocycles. The Morgan fingerprint density at radius 2 is 2.14 bits per heavy atom. The molecule has 0 spiro atoms. The Hall–Kier alpha value is -1.91. The van der Waals surface area contributed by atoms with Gasteiger partial charge in [-0.15, -0.1) is 0 Å². The summed E-state index contributed by atoms with van der Waals surface area (Å²) in [6.45, 7) is 3.52. The van der Waals surface area contributed by atoms with Gasteiger partial charge in [-0.25, -0.2) is 0 Å². The fourth-order valence-corrected chi connectivity index (χ4v) is 2.34. The van der Waals surface area contributed by atoms with E-state index in [1.807, 2.05) is 25.1 Å². The summed E-state index contributed by atoms with van der Waals surface area (Å²) in [5.74, 6) is 3.23. The second-order valence-electron chi connectivity index (χ2n) is 5.51. The van der Waals surface area contributed by atoms with Crippen LogP contribution in [-0.2, 0) is 0 Å². The van der Waals surface area contributed by atoms with Crippen molar-refractivity contribution in [2.24, 2.45) is 10.9 Å². The second kappa shape index (κ2) is 8.51. The number of anilines is 1. The lowest BCUT2D eigenvalue weighted by atomic mass is 10.2. The van der Waals surface area contributed by atoms with Gasteiger partial charge in [0.2, 0.25) is 0 Å². The molecule has 0 aromatic heterocycles. The highest BCUT2D eigenvalue weighted by atomic mass is 16.5. The Morgan fingerprint density at radius 3 is 2.77 bits per heavy atom.